The Morgan fingerprint density at radius 3 is 2.64 bits per heavy atom. The Morgan fingerprint density at radius 2 is 1.88 bits per heavy atom. The van der Waals surface area contributed by atoms with Gasteiger partial charge in [0.1, 0.15) is 0 Å². The molecule has 2 spiro atoms. The zero-order valence-electron chi connectivity index (χ0n) is 14.9. The second-order valence-electron chi connectivity index (χ2n) is 9.17. The van der Waals surface area contributed by atoms with Crippen molar-refractivity contribution < 1.29 is 19.0 Å². The van der Waals surface area contributed by atoms with Crippen molar-refractivity contribution >= 4 is 5.78 Å². The number of epoxide rings is 1. The minimum Gasteiger partial charge on any atom is -0.356 e. The molecule has 4 unspecified atom stereocenters. The van der Waals surface area contributed by atoms with Crippen LogP contribution in [0.5, 0.6) is 0 Å². The number of hydrogen-bond acceptors (Lipinski definition) is 4. The SMILES string of the molecule is C[C@]12CCC3C4=CC5(CO5)C(=O)C=C4CCC3C1CCC21OCCO1. The van der Waals surface area contributed by atoms with Crippen LogP contribution in [0.15, 0.2) is 23.3 Å². The average molecular weight is 342 g/mol. The Hall–Kier alpha value is -0.970. The Labute approximate surface area is 148 Å². The van der Waals surface area contributed by atoms with Crippen molar-refractivity contribution in [1.82, 2.24) is 0 Å². The van der Waals surface area contributed by atoms with Crippen LogP contribution in [0, 0.1) is 23.2 Å². The first-order valence-electron chi connectivity index (χ1n) is 9.97. The van der Waals surface area contributed by atoms with E-state index in [2.05, 4.69) is 13.0 Å². The topological polar surface area (TPSA) is 48.1 Å². The molecule has 4 nitrogen and oxygen atoms in total. The lowest BCUT2D eigenvalue weighted by atomic mass is 9.53. The number of hydrogen-bond donors (Lipinski definition) is 0. The molecule has 6 rings (SSSR count). The lowest BCUT2D eigenvalue weighted by Gasteiger charge is -2.53. The largest absolute Gasteiger partial charge is 0.356 e. The molecular formula is C21H26O4. The molecule has 0 aromatic carbocycles. The summed E-state index contributed by atoms with van der Waals surface area (Å²) in [5.74, 6) is 1.79. The summed E-state index contributed by atoms with van der Waals surface area (Å²) in [5.41, 5.74) is 2.28. The summed E-state index contributed by atoms with van der Waals surface area (Å²) < 4.78 is 18.0. The number of fused-ring (bicyclic) bond motifs is 6. The third kappa shape index (κ3) is 1.76. The van der Waals surface area contributed by atoms with Crippen LogP contribution in [0.4, 0.5) is 0 Å². The molecule has 4 aliphatic carbocycles. The zero-order valence-corrected chi connectivity index (χ0v) is 14.9. The second kappa shape index (κ2) is 4.65. The summed E-state index contributed by atoms with van der Waals surface area (Å²) in [7, 11) is 0. The highest BCUT2D eigenvalue weighted by atomic mass is 16.7. The maximum atomic E-state index is 12.3. The predicted octanol–water partition coefficient (Wildman–Crippen LogP) is 3.17. The molecule has 5 atom stereocenters. The van der Waals surface area contributed by atoms with Crippen LogP contribution in [0.2, 0.25) is 0 Å². The van der Waals surface area contributed by atoms with Crippen LogP contribution in [-0.2, 0) is 19.0 Å². The van der Waals surface area contributed by atoms with E-state index in [4.69, 9.17) is 14.2 Å². The fraction of sp³-hybridized carbons (Fsp3) is 0.762. The second-order valence-corrected chi connectivity index (χ2v) is 9.17. The van der Waals surface area contributed by atoms with E-state index in [9.17, 15) is 4.79 Å². The van der Waals surface area contributed by atoms with E-state index in [0.717, 1.165) is 32.5 Å². The number of ketones is 1. The van der Waals surface area contributed by atoms with Gasteiger partial charge in [-0.05, 0) is 73.2 Å². The van der Waals surface area contributed by atoms with E-state index in [1.165, 1.54) is 30.4 Å². The maximum absolute atomic E-state index is 12.3. The van der Waals surface area contributed by atoms with Gasteiger partial charge >= 0.3 is 0 Å². The number of carbonyl (C=O) groups excluding carboxylic acids is 1. The zero-order chi connectivity index (χ0) is 16.9. The molecule has 0 aromatic rings. The molecule has 0 radical (unpaired) electrons. The Kier molecular flexibility index (Phi) is 2.81. The van der Waals surface area contributed by atoms with Gasteiger partial charge in [0.05, 0.1) is 19.8 Å². The van der Waals surface area contributed by atoms with E-state index < -0.39 is 5.60 Å². The molecule has 2 heterocycles. The van der Waals surface area contributed by atoms with Crippen LogP contribution in [0.25, 0.3) is 0 Å². The van der Waals surface area contributed by atoms with E-state index in [1.807, 2.05) is 6.08 Å². The van der Waals surface area contributed by atoms with Crippen LogP contribution in [0.3, 0.4) is 0 Å². The Morgan fingerprint density at radius 1 is 1.08 bits per heavy atom. The first-order chi connectivity index (χ1) is 12.1. The minimum absolute atomic E-state index is 0.144. The molecule has 0 aromatic heterocycles. The van der Waals surface area contributed by atoms with Crippen molar-refractivity contribution in [3.05, 3.63) is 23.3 Å². The summed E-state index contributed by atoms with van der Waals surface area (Å²) in [5, 5.41) is 0. The summed E-state index contributed by atoms with van der Waals surface area (Å²) in [6.07, 6.45) is 10.9. The van der Waals surface area contributed by atoms with Crippen LogP contribution in [-0.4, -0.2) is 37.0 Å². The van der Waals surface area contributed by atoms with E-state index >= 15 is 0 Å². The van der Waals surface area contributed by atoms with E-state index in [1.54, 1.807) is 0 Å². The summed E-state index contributed by atoms with van der Waals surface area (Å²) in [6, 6.07) is 0. The van der Waals surface area contributed by atoms with Gasteiger partial charge in [-0.3, -0.25) is 4.79 Å². The van der Waals surface area contributed by atoms with Crippen molar-refractivity contribution in [2.45, 2.75) is 56.8 Å². The Bertz CT molecular complexity index is 709. The van der Waals surface area contributed by atoms with Gasteiger partial charge in [-0.15, -0.1) is 0 Å². The highest BCUT2D eigenvalue weighted by Gasteiger charge is 2.65. The number of allylic oxidation sites excluding steroid dienone is 2. The molecule has 0 bridgehead atoms. The molecule has 4 heteroatoms. The third-order valence-electron chi connectivity index (χ3n) is 8.32. The monoisotopic (exact) mass is 342 g/mol. The smallest absolute Gasteiger partial charge is 0.194 e. The van der Waals surface area contributed by atoms with Crippen LogP contribution >= 0.6 is 0 Å². The third-order valence-corrected chi connectivity index (χ3v) is 8.32. The van der Waals surface area contributed by atoms with Gasteiger partial charge in [0, 0.05) is 11.8 Å². The standard InChI is InChI=1S/C21H26O4/c1-19-6-4-14-15(17(19)5-7-21(19)23-8-9-24-21)3-2-13-10-18(22)20(12-25-20)11-16(13)14/h10-11,14-15,17H,2-9,12H2,1H3/t14?,15?,17?,19-,20?/m0/s1. The molecule has 25 heavy (non-hydrogen) atoms. The average Bonchev–Trinajstić information content (AvgIpc) is 3.10. The number of ether oxygens (including phenoxy) is 3. The Balaban J connectivity index is 1.36. The fourth-order valence-corrected chi connectivity index (χ4v) is 6.93. The molecule has 0 amide bonds. The van der Waals surface area contributed by atoms with Crippen molar-refractivity contribution in [3.8, 4) is 0 Å². The van der Waals surface area contributed by atoms with Crippen molar-refractivity contribution in [3.63, 3.8) is 0 Å². The summed E-state index contributed by atoms with van der Waals surface area (Å²) >= 11 is 0. The molecule has 6 aliphatic rings. The van der Waals surface area contributed by atoms with Crippen molar-refractivity contribution in [2.24, 2.45) is 23.2 Å². The lowest BCUT2D eigenvalue weighted by molar-refractivity contribution is -0.238. The number of carbonyl (C=O) groups is 1. The van der Waals surface area contributed by atoms with Gasteiger partial charge in [-0.1, -0.05) is 6.92 Å². The minimum atomic E-state index is -0.587. The summed E-state index contributed by atoms with van der Waals surface area (Å²) in [6.45, 7) is 4.48. The molecule has 3 saturated carbocycles. The quantitative estimate of drug-likeness (QED) is 0.635. The van der Waals surface area contributed by atoms with Crippen LogP contribution < -0.4 is 0 Å². The molecule has 134 valence electrons. The van der Waals surface area contributed by atoms with Gasteiger partial charge < -0.3 is 14.2 Å². The normalized spacial score (nSPS) is 49.5. The summed E-state index contributed by atoms with van der Waals surface area (Å²) in [4.78, 5) is 12.3. The molecule has 5 fully saturated rings. The lowest BCUT2D eigenvalue weighted by Crippen LogP contribution is -2.52. The van der Waals surface area contributed by atoms with Gasteiger partial charge in [-0.2, -0.15) is 0 Å². The van der Waals surface area contributed by atoms with E-state index in [-0.39, 0.29) is 17.0 Å². The number of rotatable bonds is 0. The van der Waals surface area contributed by atoms with Gasteiger partial charge in [-0.25, -0.2) is 0 Å². The van der Waals surface area contributed by atoms with Crippen molar-refractivity contribution in [2.75, 3.05) is 19.8 Å². The van der Waals surface area contributed by atoms with E-state index in [0.29, 0.717) is 24.4 Å². The van der Waals surface area contributed by atoms with Crippen LogP contribution in [0.1, 0.15) is 45.4 Å². The van der Waals surface area contributed by atoms with Gasteiger partial charge in [0.2, 0.25) is 0 Å². The molecule has 2 saturated heterocycles. The highest BCUT2D eigenvalue weighted by Crippen LogP contribution is 2.66. The first-order valence-corrected chi connectivity index (χ1v) is 9.97. The maximum Gasteiger partial charge on any atom is 0.194 e. The molecule has 0 N–H and O–H groups in total. The first kappa shape index (κ1) is 15.1. The van der Waals surface area contributed by atoms with Gasteiger partial charge in [0.15, 0.2) is 17.2 Å². The molecular weight excluding hydrogens is 316 g/mol. The predicted molar refractivity (Wildman–Crippen MR) is 90.8 cm³/mol. The van der Waals surface area contributed by atoms with Gasteiger partial charge in [0.25, 0.3) is 0 Å². The van der Waals surface area contributed by atoms with Crippen molar-refractivity contribution in [1.29, 1.82) is 0 Å². The molecule has 2 aliphatic heterocycles. The highest BCUT2D eigenvalue weighted by molar-refractivity contribution is 6.03. The fourth-order valence-electron chi connectivity index (χ4n) is 6.93.